The van der Waals surface area contributed by atoms with Gasteiger partial charge in [0.15, 0.2) is 5.96 Å². The molecule has 0 aliphatic heterocycles. The summed E-state index contributed by atoms with van der Waals surface area (Å²) >= 11 is 0. The molecule has 4 nitrogen and oxygen atoms in total. The van der Waals surface area contributed by atoms with E-state index in [4.69, 9.17) is 10.5 Å². The van der Waals surface area contributed by atoms with Gasteiger partial charge in [0.05, 0.1) is 6.61 Å². The summed E-state index contributed by atoms with van der Waals surface area (Å²) < 4.78 is 5.72. The Morgan fingerprint density at radius 3 is 2.75 bits per heavy atom. The third-order valence-electron chi connectivity index (χ3n) is 3.38. The molecule has 1 fully saturated rings. The van der Waals surface area contributed by atoms with Gasteiger partial charge in [0.2, 0.25) is 0 Å². The van der Waals surface area contributed by atoms with Crippen LogP contribution in [0.2, 0.25) is 0 Å². The van der Waals surface area contributed by atoms with Crippen molar-refractivity contribution < 1.29 is 4.74 Å². The molecular weight excluding hydrogens is 365 g/mol. The van der Waals surface area contributed by atoms with Gasteiger partial charge >= 0.3 is 0 Å². The van der Waals surface area contributed by atoms with E-state index in [0.29, 0.717) is 18.6 Å². The third-order valence-corrected chi connectivity index (χ3v) is 3.38. The molecule has 1 aromatic carbocycles. The summed E-state index contributed by atoms with van der Waals surface area (Å²) in [4.78, 5) is 6.45. The standard InChI is InChI=1S/C15H23N3O.HI/c1-12-6-3-4-7-14(12)19-11-5-10-17-15(16)18(2)13-8-9-13;/h3-4,6-7,13H,5,8-11H2,1-2H3,(H2,16,17);1H. The predicted molar refractivity (Wildman–Crippen MR) is 94.0 cm³/mol. The zero-order chi connectivity index (χ0) is 13.7. The molecule has 0 aromatic heterocycles. The number of rotatable bonds is 6. The number of aliphatic imine (C=N–C) groups is 1. The van der Waals surface area contributed by atoms with Crippen molar-refractivity contribution in [3.63, 3.8) is 0 Å². The normalized spacial score (nSPS) is 14.6. The zero-order valence-electron chi connectivity index (χ0n) is 12.2. The Morgan fingerprint density at radius 2 is 2.10 bits per heavy atom. The molecule has 0 unspecified atom stereocenters. The second-order valence-corrected chi connectivity index (χ2v) is 5.05. The topological polar surface area (TPSA) is 50.9 Å². The Morgan fingerprint density at radius 1 is 1.40 bits per heavy atom. The number of hydrogen-bond donors (Lipinski definition) is 1. The minimum atomic E-state index is 0. The maximum Gasteiger partial charge on any atom is 0.191 e. The lowest BCUT2D eigenvalue weighted by Gasteiger charge is -2.16. The summed E-state index contributed by atoms with van der Waals surface area (Å²) in [5.41, 5.74) is 7.08. The number of benzene rings is 1. The van der Waals surface area contributed by atoms with Crippen LogP contribution in [0, 0.1) is 6.92 Å². The second-order valence-electron chi connectivity index (χ2n) is 5.05. The number of ether oxygens (including phenoxy) is 1. The highest BCUT2D eigenvalue weighted by Gasteiger charge is 2.27. The minimum absolute atomic E-state index is 0. The predicted octanol–water partition coefficient (Wildman–Crippen LogP) is 2.79. The van der Waals surface area contributed by atoms with Crippen LogP contribution in [0.3, 0.4) is 0 Å². The molecule has 0 heterocycles. The fraction of sp³-hybridized carbons (Fsp3) is 0.533. The fourth-order valence-electron chi connectivity index (χ4n) is 1.92. The number of aryl methyl sites for hydroxylation is 1. The smallest absolute Gasteiger partial charge is 0.191 e. The van der Waals surface area contributed by atoms with Crippen LogP contribution in [0.5, 0.6) is 5.75 Å². The third kappa shape index (κ3) is 5.19. The van der Waals surface area contributed by atoms with Gasteiger partial charge in [-0.25, -0.2) is 0 Å². The van der Waals surface area contributed by atoms with E-state index in [1.807, 2.05) is 25.2 Å². The number of nitrogens with zero attached hydrogens (tertiary/aromatic N) is 2. The average Bonchev–Trinajstić information content (AvgIpc) is 3.23. The lowest BCUT2D eigenvalue weighted by molar-refractivity contribution is 0.311. The molecule has 1 saturated carbocycles. The first kappa shape index (κ1) is 17.1. The zero-order valence-corrected chi connectivity index (χ0v) is 14.5. The lowest BCUT2D eigenvalue weighted by atomic mass is 10.2. The van der Waals surface area contributed by atoms with Crippen LogP contribution in [-0.2, 0) is 0 Å². The molecule has 0 amide bonds. The molecule has 0 bridgehead atoms. The van der Waals surface area contributed by atoms with Crippen molar-refractivity contribution >= 4 is 29.9 Å². The Hall–Kier alpha value is -0.980. The Balaban J connectivity index is 0.00000200. The monoisotopic (exact) mass is 389 g/mol. The first-order valence-electron chi connectivity index (χ1n) is 6.89. The molecule has 0 saturated heterocycles. The van der Waals surface area contributed by atoms with E-state index in [0.717, 1.165) is 18.7 Å². The minimum Gasteiger partial charge on any atom is -0.493 e. The van der Waals surface area contributed by atoms with Crippen molar-refractivity contribution in [1.82, 2.24) is 4.90 Å². The first-order chi connectivity index (χ1) is 9.18. The molecule has 2 N–H and O–H groups in total. The van der Waals surface area contributed by atoms with Gasteiger partial charge in [-0.1, -0.05) is 18.2 Å². The number of nitrogens with two attached hydrogens (primary N) is 1. The Kier molecular flexibility index (Phi) is 7.12. The largest absolute Gasteiger partial charge is 0.493 e. The van der Waals surface area contributed by atoms with E-state index >= 15 is 0 Å². The number of guanidine groups is 1. The average molecular weight is 389 g/mol. The molecule has 0 spiro atoms. The van der Waals surface area contributed by atoms with Gasteiger partial charge in [0.1, 0.15) is 5.75 Å². The van der Waals surface area contributed by atoms with Crippen molar-refractivity contribution in [1.29, 1.82) is 0 Å². The van der Waals surface area contributed by atoms with Gasteiger partial charge < -0.3 is 15.4 Å². The maximum atomic E-state index is 5.91. The lowest BCUT2D eigenvalue weighted by Crippen LogP contribution is -2.35. The molecular formula is C15H24IN3O. The van der Waals surface area contributed by atoms with Gasteiger partial charge in [-0.3, -0.25) is 4.99 Å². The van der Waals surface area contributed by atoms with Crippen LogP contribution in [0.1, 0.15) is 24.8 Å². The fourth-order valence-corrected chi connectivity index (χ4v) is 1.92. The van der Waals surface area contributed by atoms with Gasteiger partial charge in [0, 0.05) is 26.1 Å². The molecule has 2 rings (SSSR count). The molecule has 20 heavy (non-hydrogen) atoms. The van der Waals surface area contributed by atoms with Crippen LogP contribution >= 0.6 is 24.0 Å². The number of para-hydroxylation sites is 1. The van der Waals surface area contributed by atoms with Crippen molar-refractivity contribution in [2.24, 2.45) is 10.7 Å². The van der Waals surface area contributed by atoms with E-state index in [1.54, 1.807) is 0 Å². The number of halogens is 1. The van der Waals surface area contributed by atoms with Gasteiger partial charge in [-0.05, 0) is 31.4 Å². The molecule has 0 atom stereocenters. The number of hydrogen-bond acceptors (Lipinski definition) is 2. The van der Waals surface area contributed by atoms with Gasteiger partial charge in [-0.2, -0.15) is 0 Å². The van der Waals surface area contributed by atoms with Gasteiger partial charge in [0.25, 0.3) is 0 Å². The quantitative estimate of drug-likeness (QED) is 0.352. The molecule has 1 aliphatic carbocycles. The summed E-state index contributed by atoms with van der Waals surface area (Å²) in [7, 11) is 2.01. The van der Waals surface area contributed by atoms with E-state index in [-0.39, 0.29) is 24.0 Å². The van der Waals surface area contributed by atoms with Crippen molar-refractivity contribution in [3.05, 3.63) is 29.8 Å². The van der Waals surface area contributed by atoms with Crippen molar-refractivity contribution in [2.75, 3.05) is 20.2 Å². The summed E-state index contributed by atoms with van der Waals surface area (Å²) in [5, 5.41) is 0. The van der Waals surface area contributed by atoms with Gasteiger partial charge in [-0.15, -0.1) is 24.0 Å². The molecule has 0 radical (unpaired) electrons. The first-order valence-corrected chi connectivity index (χ1v) is 6.89. The van der Waals surface area contributed by atoms with E-state index in [2.05, 4.69) is 22.9 Å². The van der Waals surface area contributed by atoms with E-state index in [9.17, 15) is 0 Å². The molecule has 1 aliphatic rings. The van der Waals surface area contributed by atoms with E-state index in [1.165, 1.54) is 18.4 Å². The summed E-state index contributed by atoms with van der Waals surface area (Å²) in [6.45, 7) is 3.44. The molecule has 1 aromatic rings. The van der Waals surface area contributed by atoms with Crippen LogP contribution < -0.4 is 10.5 Å². The molecule has 5 heteroatoms. The molecule has 112 valence electrons. The highest BCUT2D eigenvalue weighted by Crippen LogP contribution is 2.24. The summed E-state index contributed by atoms with van der Waals surface area (Å²) in [5.74, 6) is 1.60. The van der Waals surface area contributed by atoms with E-state index < -0.39 is 0 Å². The maximum absolute atomic E-state index is 5.91. The van der Waals surface area contributed by atoms with Crippen LogP contribution in [0.25, 0.3) is 0 Å². The van der Waals surface area contributed by atoms with Crippen molar-refractivity contribution in [2.45, 2.75) is 32.2 Å². The second kappa shape index (κ2) is 8.34. The SMILES string of the molecule is Cc1ccccc1OCCCN=C(N)N(C)C1CC1.I. The Bertz CT molecular complexity index is 446. The highest BCUT2D eigenvalue weighted by molar-refractivity contribution is 14.0. The van der Waals surface area contributed by atoms with Crippen LogP contribution in [0.4, 0.5) is 0 Å². The summed E-state index contributed by atoms with van der Waals surface area (Å²) in [6, 6.07) is 8.67. The Labute approximate surface area is 138 Å². The van der Waals surface area contributed by atoms with Crippen molar-refractivity contribution in [3.8, 4) is 5.75 Å². The van der Waals surface area contributed by atoms with Crippen LogP contribution in [0.15, 0.2) is 29.3 Å². The summed E-state index contributed by atoms with van der Waals surface area (Å²) in [6.07, 6.45) is 3.36. The highest BCUT2D eigenvalue weighted by atomic mass is 127. The van der Waals surface area contributed by atoms with Crippen LogP contribution in [-0.4, -0.2) is 37.1 Å².